The van der Waals surface area contributed by atoms with Crippen LogP contribution in [-0.4, -0.2) is 48.5 Å². The summed E-state index contributed by atoms with van der Waals surface area (Å²) in [7, 11) is 0. The Bertz CT molecular complexity index is 1120. The molecule has 1 amide bonds. The lowest BCUT2D eigenvalue weighted by atomic mass is 9.84. The number of alkyl halides is 2. The second-order valence-electron chi connectivity index (χ2n) is 7.10. The molecule has 4 rings (SSSR count). The molecule has 0 saturated carbocycles. The number of pyridine rings is 1. The van der Waals surface area contributed by atoms with Crippen molar-refractivity contribution >= 4 is 34.9 Å². The van der Waals surface area contributed by atoms with Gasteiger partial charge in [0.2, 0.25) is 0 Å². The normalized spacial score (nSPS) is 19.6. The largest absolute Gasteiger partial charge is 0.338 e. The highest BCUT2D eigenvalue weighted by atomic mass is 35.5. The molecule has 12 heteroatoms. The van der Waals surface area contributed by atoms with Gasteiger partial charge in [-0.05, 0) is 24.5 Å². The van der Waals surface area contributed by atoms with Gasteiger partial charge in [0.25, 0.3) is 18.1 Å². The topological polar surface area (TPSA) is 76.3 Å². The summed E-state index contributed by atoms with van der Waals surface area (Å²) in [4.78, 5) is 25.7. The van der Waals surface area contributed by atoms with Crippen LogP contribution in [0.5, 0.6) is 0 Å². The maximum Gasteiger partial charge on any atom is 0.280 e. The number of amides is 1. The zero-order valence-electron chi connectivity index (χ0n) is 15.6. The summed E-state index contributed by atoms with van der Waals surface area (Å²) in [5, 5.41) is 3.49. The first kappa shape index (κ1) is 20.8. The van der Waals surface area contributed by atoms with E-state index >= 15 is 0 Å². The maximum atomic E-state index is 14.4. The molecule has 4 heterocycles. The second kappa shape index (κ2) is 7.99. The number of fused-ring (bicyclic) bond motifs is 1. The van der Waals surface area contributed by atoms with Gasteiger partial charge < -0.3 is 4.90 Å². The van der Waals surface area contributed by atoms with Gasteiger partial charge in [0.15, 0.2) is 11.0 Å². The minimum absolute atomic E-state index is 0.0452. The first-order valence-electron chi connectivity index (χ1n) is 9.05. The van der Waals surface area contributed by atoms with Crippen LogP contribution in [0.3, 0.4) is 0 Å². The van der Waals surface area contributed by atoms with Gasteiger partial charge in [-0.25, -0.2) is 27.7 Å². The highest BCUT2D eigenvalue weighted by molar-refractivity contribution is 6.33. The summed E-state index contributed by atoms with van der Waals surface area (Å²) < 4.78 is 42.4. The van der Waals surface area contributed by atoms with E-state index in [1.165, 1.54) is 21.8 Å². The Hall–Kier alpha value is -2.46. The van der Waals surface area contributed by atoms with Crippen LogP contribution in [0.4, 0.5) is 13.2 Å². The molecule has 0 spiro atoms. The number of hydrogen-bond acceptors (Lipinski definition) is 5. The molecule has 0 N–H and O–H groups in total. The molecule has 158 valence electrons. The number of aromatic nitrogens is 5. The summed E-state index contributed by atoms with van der Waals surface area (Å²) in [5.74, 6) is -1.80. The molecule has 30 heavy (non-hydrogen) atoms. The molecule has 1 aliphatic rings. The minimum atomic E-state index is -2.78. The fourth-order valence-corrected chi connectivity index (χ4v) is 4.09. The highest BCUT2D eigenvalue weighted by Crippen LogP contribution is 2.34. The molecule has 2 atom stereocenters. The summed E-state index contributed by atoms with van der Waals surface area (Å²) in [6, 6.07) is 2.40. The number of carbonyl (C=O) groups is 1. The first-order valence-corrected chi connectivity index (χ1v) is 9.81. The Morgan fingerprint density at radius 1 is 1.27 bits per heavy atom. The third-order valence-electron chi connectivity index (χ3n) is 5.26. The van der Waals surface area contributed by atoms with E-state index < -0.39 is 29.0 Å². The predicted molar refractivity (Wildman–Crippen MR) is 102 cm³/mol. The molecule has 7 nitrogen and oxygen atoms in total. The SMILES string of the molecule is C[C@@H]1CCN(C(=O)c2cc(Cl)nc(Cl)c2F)C[C@H]1c1cc(C(F)F)nc2ncnn12. The number of nitrogens with zero attached hydrogens (tertiary/aromatic N) is 6. The smallest absolute Gasteiger partial charge is 0.280 e. The van der Waals surface area contributed by atoms with Crippen LogP contribution in [0.1, 0.15) is 47.4 Å². The van der Waals surface area contributed by atoms with E-state index in [9.17, 15) is 18.0 Å². The minimum Gasteiger partial charge on any atom is -0.338 e. The number of piperidine rings is 1. The fraction of sp³-hybridized carbons (Fsp3) is 0.389. The van der Waals surface area contributed by atoms with Crippen molar-refractivity contribution in [1.29, 1.82) is 0 Å². The number of hydrogen-bond donors (Lipinski definition) is 0. The van der Waals surface area contributed by atoms with Crippen LogP contribution in [0.2, 0.25) is 10.3 Å². The van der Waals surface area contributed by atoms with Crippen LogP contribution in [-0.2, 0) is 0 Å². The lowest BCUT2D eigenvalue weighted by molar-refractivity contribution is 0.0660. The van der Waals surface area contributed by atoms with Crippen LogP contribution in [0, 0.1) is 11.7 Å². The summed E-state index contributed by atoms with van der Waals surface area (Å²) in [6.45, 7) is 2.48. The van der Waals surface area contributed by atoms with E-state index in [2.05, 4.69) is 20.1 Å². The molecule has 0 bridgehead atoms. The Morgan fingerprint density at radius 3 is 2.77 bits per heavy atom. The summed E-state index contributed by atoms with van der Waals surface area (Å²) in [6.07, 6.45) is -0.974. The number of rotatable bonds is 3. The second-order valence-corrected chi connectivity index (χ2v) is 7.84. The van der Waals surface area contributed by atoms with Crippen molar-refractivity contribution in [3.05, 3.63) is 51.5 Å². The number of halogens is 5. The van der Waals surface area contributed by atoms with Crippen molar-refractivity contribution < 1.29 is 18.0 Å². The lowest BCUT2D eigenvalue weighted by Gasteiger charge is -2.37. The van der Waals surface area contributed by atoms with Crippen molar-refractivity contribution in [2.45, 2.75) is 25.7 Å². The van der Waals surface area contributed by atoms with Crippen LogP contribution >= 0.6 is 23.2 Å². The monoisotopic (exact) mass is 458 g/mol. The van der Waals surface area contributed by atoms with E-state index in [1.807, 2.05) is 6.92 Å². The van der Waals surface area contributed by atoms with Gasteiger partial charge in [0.1, 0.15) is 17.2 Å². The number of likely N-dealkylation sites (tertiary alicyclic amines) is 1. The van der Waals surface area contributed by atoms with Gasteiger partial charge in [0.05, 0.1) is 11.3 Å². The van der Waals surface area contributed by atoms with Crippen molar-refractivity contribution in [2.24, 2.45) is 5.92 Å². The summed E-state index contributed by atoms with van der Waals surface area (Å²) >= 11 is 11.5. The summed E-state index contributed by atoms with van der Waals surface area (Å²) in [5.41, 5.74) is -0.244. The predicted octanol–water partition coefficient (Wildman–Crippen LogP) is 4.17. The van der Waals surface area contributed by atoms with E-state index in [4.69, 9.17) is 23.2 Å². The maximum absolute atomic E-state index is 14.4. The molecule has 3 aromatic heterocycles. The molecule has 0 unspecified atom stereocenters. The zero-order chi connectivity index (χ0) is 21.6. The molecule has 0 aliphatic carbocycles. The molecule has 0 radical (unpaired) electrons. The van der Waals surface area contributed by atoms with Crippen molar-refractivity contribution in [3.8, 4) is 0 Å². The van der Waals surface area contributed by atoms with E-state index in [1.54, 1.807) is 0 Å². The van der Waals surface area contributed by atoms with E-state index in [0.717, 1.165) is 6.07 Å². The van der Waals surface area contributed by atoms with E-state index in [0.29, 0.717) is 18.7 Å². The van der Waals surface area contributed by atoms with Gasteiger partial charge in [-0.3, -0.25) is 4.79 Å². The highest BCUT2D eigenvalue weighted by Gasteiger charge is 2.34. The van der Waals surface area contributed by atoms with Gasteiger partial charge in [0, 0.05) is 19.0 Å². The number of carbonyl (C=O) groups excluding carboxylic acids is 1. The fourth-order valence-electron chi connectivity index (χ4n) is 3.66. The van der Waals surface area contributed by atoms with E-state index in [-0.39, 0.29) is 34.9 Å². The van der Waals surface area contributed by atoms with Gasteiger partial charge in [-0.1, -0.05) is 30.1 Å². The zero-order valence-corrected chi connectivity index (χ0v) is 17.1. The average molecular weight is 459 g/mol. The third kappa shape index (κ3) is 3.69. The van der Waals surface area contributed by atoms with Crippen LogP contribution < -0.4 is 0 Å². The first-order chi connectivity index (χ1) is 14.3. The van der Waals surface area contributed by atoms with Gasteiger partial charge >= 0.3 is 0 Å². The van der Waals surface area contributed by atoms with Crippen LogP contribution in [0.25, 0.3) is 5.78 Å². The quantitative estimate of drug-likeness (QED) is 0.550. The average Bonchev–Trinajstić information content (AvgIpc) is 3.18. The molecule has 1 fully saturated rings. The van der Waals surface area contributed by atoms with Crippen molar-refractivity contribution in [3.63, 3.8) is 0 Å². The van der Waals surface area contributed by atoms with Crippen molar-refractivity contribution in [2.75, 3.05) is 13.1 Å². The standard InChI is InChI=1S/C18H15Cl2F3N6O/c1-8-2-3-28(17(30)9-4-13(19)27-15(20)14(9)21)6-10(8)12-5-11(16(22)23)26-18-24-7-25-29(12)18/h4-5,7-8,10,16H,2-3,6H2,1H3/t8-,10-/m1/s1. The molecule has 0 aromatic carbocycles. The molecule has 1 saturated heterocycles. The lowest BCUT2D eigenvalue weighted by Crippen LogP contribution is -2.43. The molecular weight excluding hydrogens is 444 g/mol. The third-order valence-corrected chi connectivity index (χ3v) is 5.71. The Balaban J connectivity index is 1.71. The van der Waals surface area contributed by atoms with Crippen LogP contribution in [0.15, 0.2) is 18.5 Å². The van der Waals surface area contributed by atoms with Gasteiger partial charge in [-0.2, -0.15) is 10.1 Å². The molecular formula is C18H15Cl2F3N6O. The molecule has 3 aromatic rings. The Morgan fingerprint density at radius 2 is 2.03 bits per heavy atom. The Labute approximate surface area is 178 Å². The van der Waals surface area contributed by atoms with Gasteiger partial charge in [-0.15, -0.1) is 0 Å². The van der Waals surface area contributed by atoms with Crippen molar-refractivity contribution in [1.82, 2.24) is 29.5 Å². The molecule has 1 aliphatic heterocycles. The Kier molecular flexibility index (Phi) is 5.54.